The Hall–Kier alpha value is -8.04. The van der Waals surface area contributed by atoms with Gasteiger partial charge in [0, 0.05) is 70.0 Å². The van der Waals surface area contributed by atoms with Crippen LogP contribution in [-0.2, 0) is 38.1 Å². The van der Waals surface area contributed by atoms with Gasteiger partial charge >= 0.3 is 23.9 Å². The van der Waals surface area contributed by atoms with Crippen molar-refractivity contribution in [2.75, 3.05) is 101 Å². The van der Waals surface area contributed by atoms with Crippen LogP contribution in [0.2, 0.25) is 0 Å². The molecule has 20 heteroatoms. The van der Waals surface area contributed by atoms with Crippen molar-refractivity contribution in [1.82, 2.24) is 19.9 Å². The van der Waals surface area contributed by atoms with Gasteiger partial charge < -0.3 is 47.9 Å². The molecule has 2 aliphatic heterocycles. The van der Waals surface area contributed by atoms with Crippen molar-refractivity contribution in [2.24, 2.45) is 0 Å². The molecule has 7 aromatic rings. The average Bonchev–Trinajstić information content (AvgIpc) is 1.61. The number of unbranched alkanes of at least 4 members (excludes halogenated alkanes) is 8. The molecule has 0 fully saturated rings. The van der Waals surface area contributed by atoms with Crippen molar-refractivity contribution in [1.29, 1.82) is 0 Å². The van der Waals surface area contributed by atoms with Crippen molar-refractivity contribution < 1.29 is 57.1 Å². The fourth-order valence-electron chi connectivity index (χ4n) is 12.1. The minimum absolute atomic E-state index is 0.142. The quantitative estimate of drug-likeness (QED) is 0.0207. The van der Waals surface area contributed by atoms with Crippen LogP contribution in [0.25, 0.3) is 90.9 Å². The summed E-state index contributed by atoms with van der Waals surface area (Å²) in [6.45, 7) is 3.94. The number of nitrogens with zero attached hydrogens (tertiary/aromatic N) is 2. The van der Waals surface area contributed by atoms with E-state index >= 15 is 0 Å². The number of ether oxygens (including phenoxy) is 8. The summed E-state index contributed by atoms with van der Waals surface area (Å²) < 4.78 is 46.8. The molecule has 0 spiro atoms. The lowest BCUT2D eigenvalue weighted by Crippen LogP contribution is -2.06. The van der Waals surface area contributed by atoms with Crippen molar-refractivity contribution in [2.45, 2.75) is 128 Å². The van der Waals surface area contributed by atoms with Gasteiger partial charge in [0.25, 0.3) is 0 Å². The summed E-state index contributed by atoms with van der Waals surface area (Å²) in [7, 11) is 0. The van der Waals surface area contributed by atoms with E-state index in [1.165, 1.54) is 0 Å². The smallest absolute Gasteiger partial charge is 0.305 e. The second-order valence-corrected chi connectivity index (χ2v) is 29.4. The first kappa shape index (κ1) is 80.1. The van der Waals surface area contributed by atoms with Gasteiger partial charge in [-0.1, -0.05) is 48.5 Å². The van der Waals surface area contributed by atoms with Crippen molar-refractivity contribution in [3.05, 3.63) is 144 Å². The third-order valence-electron chi connectivity index (χ3n) is 17.5. The SMILES string of the molecule is CSCCCOC(=O)CCCCCOc1ccc(-c2c3nc(c(-c4ccc(OCCCCCC(=O)OCCCSC)cc4)c4ccc([nH]4)c(-c4ccc(OCCCCCC(=O)OCCCSC)cc4)c4nc(c(-c5ccc(OCCCCCC(=O)OCCCSC)cc5)c5ccc2[nH]5)C=C4)C=C3)cc1. The molecule has 0 aliphatic carbocycles. The molecule has 8 bridgehead atoms. The molecule has 0 unspecified atom stereocenters. The highest BCUT2D eigenvalue weighted by atomic mass is 32.2. The summed E-state index contributed by atoms with van der Waals surface area (Å²) >= 11 is 7.00. The predicted octanol–water partition coefficient (Wildman–Crippen LogP) is 20.3. The van der Waals surface area contributed by atoms with Gasteiger partial charge in [-0.3, -0.25) is 19.2 Å². The molecule has 3 aromatic heterocycles. The van der Waals surface area contributed by atoms with Crippen molar-refractivity contribution >= 4 is 117 Å². The molecule has 9 rings (SSSR count). The highest BCUT2D eigenvalue weighted by Gasteiger charge is 2.21. The van der Waals surface area contributed by atoms with E-state index in [1.807, 2.05) is 48.5 Å². The van der Waals surface area contributed by atoms with Gasteiger partial charge in [0.2, 0.25) is 0 Å². The average molecular weight is 1490 g/mol. The Bertz CT molecular complexity index is 3530. The number of fused-ring (bicyclic) bond motifs is 8. The number of H-pyrrole nitrogens is 2. The summed E-state index contributed by atoms with van der Waals surface area (Å²) in [5.41, 5.74) is 13.7. The summed E-state index contributed by atoms with van der Waals surface area (Å²) in [6.07, 6.45) is 31.3. The lowest BCUT2D eigenvalue weighted by atomic mass is 10.0. The largest absolute Gasteiger partial charge is 0.494 e. The highest BCUT2D eigenvalue weighted by Crippen LogP contribution is 2.40. The van der Waals surface area contributed by atoms with Crippen LogP contribution in [0.1, 0.15) is 151 Å². The first-order chi connectivity index (χ1) is 51.1. The minimum Gasteiger partial charge on any atom is -0.494 e. The molecule has 2 aliphatic rings. The molecule has 0 saturated heterocycles. The van der Waals surface area contributed by atoms with Crippen LogP contribution >= 0.6 is 47.0 Å². The number of nitrogens with one attached hydrogen (secondary N) is 2. The molecular formula is C84H102N4O12S4. The van der Waals surface area contributed by atoms with Crippen LogP contribution in [0, 0.1) is 0 Å². The number of carbonyl (C=O) groups is 4. The van der Waals surface area contributed by atoms with Crippen LogP contribution in [0.3, 0.4) is 0 Å². The van der Waals surface area contributed by atoms with E-state index in [1.54, 1.807) is 47.0 Å². The number of carbonyl (C=O) groups excluding carboxylic acids is 4. The Morgan fingerprint density at radius 3 is 0.712 bits per heavy atom. The van der Waals surface area contributed by atoms with Gasteiger partial charge in [-0.2, -0.15) is 47.0 Å². The third kappa shape index (κ3) is 26.2. The first-order valence-corrected chi connectivity index (χ1v) is 42.4. The van der Waals surface area contributed by atoms with Crippen LogP contribution in [0.15, 0.2) is 121 Å². The van der Waals surface area contributed by atoms with E-state index in [4.69, 9.17) is 47.9 Å². The fourth-order valence-corrected chi connectivity index (χ4v) is 13.7. The number of aromatic amines is 2. The van der Waals surface area contributed by atoms with Gasteiger partial charge in [-0.05, 0) is 270 Å². The number of benzene rings is 4. The van der Waals surface area contributed by atoms with Gasteiger partial charge in [0.15, 0.2) is 0 Å². The maximum absolute atomic E-state index is 12.3. The Morgan fingerprint density at radius 2 is 0.500 bits per heavy atom. The molecule has 0 saturated carbocycles. The molecule has 554 valence electrons. The number of aromatic nitrogens is 4. The number of rotatable bonds is 48. The first-order valence-electron chi connectivity index (χ1n) is 36.8. The van der Waals surface area contributed by atoms with Crippen molar-refractivity contribution in [3.8, 4) is 67.5 Å². The summed E-state index contributed by atoms with van der Waals surface area (Å²) in [5.74, 6) is 6.30. The Kier molecular flexibility index (Phi) is 34.9. The Morgan fingerprint density at radius 1 is 0.279 bits per heavy atom. The number of hydrogen-bond acceptors (Lipinski definition) is 18. The molecule has 4 aromatic carbocycles. The lowest BCUT2D eigenvalue weighted by Gasteiger charge is -2.10. The van der Waals surface area contributed by atoms with Crippen molar-refractivity contribution in [3.63, 3.8) is 0 Å². The van der Waals surface area contributed by atoms with E-state index < -0.39 is 0 Å². The normalized spacial score (nSPS) is 11.6. The molecule has 5 heterocycles. The number of esters is 4. The lowest BCUT2D eigenvalue weighted by molar-refractivity contribution is -0.144. The molecular weight excluding hydrogens is 1390 g/mol. The van der Waals surface area contributed by atoms with E-state index in [0.717, 1.165) is 238 Å². The van der Waals surface area contributed by atoms with Gasteiger partial charge in [0.05, 0.1) is 75.6 Å². The topological polar surface area (TPSA) is 199 Å². The molecule has 16 nitrogen and oxygen atoms in total. The molecule has 0 radical (unpaired) electrons. The summed E-state index contributed by atoms with van der Waals surface area (Å²) in [6, 6.07) is 41.2. The van der Waals surface area contributed by atoms with E-state index in [9.17, 15) is 19.2 Å². The minimum atomic E-state index is -0.142. The molecule has 104 heavy (non-hydrogen) atoms. The number of hydrogen-bond donors (Lipinski definition) is 2. The zero-order valence-electron chi connectivity index (χ0n) is 60.9. The standard InChI is InChI=1S/C84H102N4O12S4/c1-101-57-17-53-97-77(89)21-9-5-13-49-93-65-33-25-61(26-34-65)81-69-41-43-71(85-69)82(62-27-35-66(36-28-62)94-50-14-6-10-22-78(90)98-54-18-58-102-2)73-45-47-75(87-73)84(64-31-39-68(40-32-64)96-52-16-8-12-24-80(92)100-56-20-60-104-4)76-48-46-74(88-76)83(72-44-42-70(81)86-72)63-29-37-67(38-30-63)95-51-15-7-11-23-79(91)99-55-19-59-103-3/h25-48,85,88H,5-24,49-60H2,1-4H3. The van der Waals surface area contributed by atoms with Crippen LogP contribution < -0.4 is 18.9 Å². The predicted molar refractivity (Wildman–Crippen MR) is 432 cm³/mol. The maximum Gasteiger partial charge on any atom is 0.305 e. The van der Waals surface area contributed by atoms with Crippen LogP contribution in [-0.4, -0.2) is 145 Å². The Balaban J connectivity index is 1.05. The summed E-state index contributed by atoms with van der Waals surface area (Å²) in [5, 5.41) is 0. The summed E-state index contributed by atoms with van der Waals surface area (Å²) in [4.78, 5) is 68.1. The zero-order valence-corrected chi connectivity index (χ0v) is 64.2. The maximum atomic E-state index is 12.3. The highest BCUT2D eigenvalue weighted by molar-refractivity contribution is 7.99. The van der Waals surface area contributed by atoms with Crippen LogP contribution in [0.4, 0.5) is 0 Å². The van der Waals surface area contributed by atoms with Crippen LogP contribution in [0.5, 0.6) is 23.0 Å². The fraction of sp³-hybridized carbons (Fsp3) is 0.429. The second-order valence-electron chi connectivity index (χ2n) is 25.5. The number of thioether (sulfide) groups is 4. The van der Waals surface area contributed by atoms with Gasteiger partial charge in [-0.15, -0.1) is 0 Å². The molecule has 2 N–H and O–H groups in total. The monoisotopic (exact) mass is 1490 g/mol. The van der Waals surface area contributed by atoms with Gasteiger partial charge in [0.1, 0.15) is 23.0 Å². The molecule has 0 atom stereocenters. The third-order valence-corrected chi connectivity index (χ3v) is 20.3. The Labute approximate surface area is 631 Å². The van der Waals surface area contributed by atoms with E-state index in [2.05, 4.69) is 132 Å². The zero-order chi connectivity index (χ0) is 72.8. The van der Waals surface area contributed by atoms with E-state index in [0.29, 0.717) is 78.5 Å². The van der Waals surface area contributed by atoms with E-state index in [-0.39, 0.29) is 23.9 Å². The second kappa shape index (κ2) is 45.4. The molecule has 0 amide bonds. The van der Waals surface area contributed by atoms with Gasteiger partial charge in [-0.25, -0.2) is 9.97 Å².